The molecule has 0 aliphatic heterocycles. The van der Waals surface area contributed by atoms with Crippen LogP contribution in [0.5, 0.6) is 0 Å². The standard InChI is InChI=1S/C22H26N2O3S/c1-22(2)15-14-20(18-6-4-5-7-19(18)22)24-21(25)13-10-16-8-11-17(12-9-16)28(26,27)23-3/h4-13,20,23H,14-15H2,1-3H3,(H,24,25)/b13-10+/t20-/m1/s1. The molecule has 0 saturated carbocycles. The largest absolute Gasteiger partial charge is 0.346 e. The van der Waals surface area contributed by atoms with Crippen molar-refractivity contribution in [1.82, 2.24) is 10.0 Å². The van der Waals surface area contributed by atoms with Crippen LogP contribution in [0.4, 0.5) is 0 Å². The van der Waals surface area contributed by atoms with Gasteiger partial charge in [0.1, 0.15) is 0 Å². The number of hydrogen-bond acceptors (Lipinski definition) is 3. The van der Waals surface area contributed by atoms with Gasteiger partial charge in [-0.3, -0.25) is 4.79 Å². The normalized spacial score (nSPS) is 18.6. The molecule has 28 heavy (non-hydrogen) atoms. The van der Waals surface area contributed by atoms with Crippen LogP contribution in [0.3, 0.4) is 0 Å². The molecule has 1 amide bonds. The van der Waals surface area contributed by atoms with Gasteiger partial charge in [0.2, 0.25) is 15.9 Å². The molecule has 2 N–H and O–H groups in total. The first kappa shape index (κ1) is 20.3. The predicted octanol–water partition coefficient (Wildman–Crippen LogP) is 3.54. The van der Waals surface area contributed by atoms with Crippen LogP contribution >= 0.6 is 0 Å². The molecule has 1 aliphatic carbocycles. The Morgan fingerprint density at radius 1 is 1.11 bits per heavy atom. The topological polar surface area (TPSA) is 75.3 Å². The van der Waals surface area contributed by atoms with Crippen molar-refractivity contribution in [2.75, 3.05) is 7.05 Å². The van der Waals surface area contributed by atoms with Gasteiger partial charge in [-0.2, -0.15) is 0 Å². The summed E-state index contributed by atoms with van der Waals surface area (Å²) >= 11 is 0. The van der Waals surface area contributed by atoms with Crippen molar-refractivity contribution in [3.63, 3.8) is 0 Å². The zero-order valence-electron chi connectivity index (χ0n) is 16.4. The third-order valence-corrected chi connectivity index (χ3v) is 6.76. The second-order valence-electron chi connectivity index (χ2n) is 7.68. The Bertz CT molecular complexity index is 993. The van der Waals surface area contributed by atoms with Gasteiger partial charge >= 0.3 is 0 Å². The highest BCUT2D eigenvalue weighted by molar-refractivity contribution is 7.89. The highest BCUT2D eigenvalue weighted by Crippen LogP contribution is 2.41. The summed E-state index contributed by atoms with van der Waals surface area (Å²) in [5.74, 6) is -0.161. The maximum Gasteiger partial charge on any atom is 0.244 e. The number of fused-ring (bicyclic) bond motifs is 1. The van der Waals surface area contributed by atoms with Crippen molar-refractivity contribution in [3.8, 4) is 0 Å². The zero-order valence-corrected chi connectivity index (χ0v) is 17.2. The van der Waals surface area contributed by atoms with Crippen molar-refractivity contribution in [2.45, 2.75) is 43.0 Å². The third-order valence-electron chi connectivity index (χ3n) is 5.33. The first-order valence-corrected chi connectivity index (χ1v) is 10.8. The van der Waals surface area contributed by atoms with E-state index in [1.54, 1.807) is 18.2 Å². The average Bonchev–Trinajstić information content (AvgIpc) is 2.69. The third kappa shape index (κ3) is 4.34. The molecule has 0 heterocycles. The Labute approximate surface area is 166 Å². The second kappa shape index (κ2) is 7.89. The van der Waals surface area contributed by atoms with Gasteiger partial charge in [0.05, 0.1) is 10.9 Å². The summed E-state index contributed by atoms with van der Waals surface area (Å²) in [7, 11) is -2.08. The number of benzene rings is 2. The Morgan fingerprint density at radius 3 is 2.46 bits per heavy atom. The molecule has 0 fully saturated rings. The molecule has 1 atom stereocenters. The number of nitrogens with one attached hydrogen (secondary N) is 2. The minimum Gasteiger partial charge on any atom is -0.346 e. The Kier molecular flexibility index (Phi) is 5.72. The van der Waals surface area contributed by atoms with Crippen LogP contribution in [0.1, 0.15) is 49.4 Å². The molecule has 0 unspecified atom stereocenters. The van der Waals surface area contributed by atoms with Gasteiger partial charge in [0, 0.05) is 6.08 Å². The maximum absolute atomic E-state index is 12.4. The SMILES string of the molecule is CNS(=O)(=O)c1ccc(/C=C/C(=O)N[C@@H]2CCC(C)(C)c3ccccc32)cc1. The number of amides is 1. The molecule has 148 valence electrons. The van der Waals surface area contributed by atoms with Crippen molar-refractivity contribution < 1.29 is 13.2 Å². The van der Waals surface area contributed by atoms with Crippen LogP contribution in [0.15, 0.2) is 59.5 Å². The predicted molar refractivity (Wildman–Crippen MR) is 111 cm³/mol. The molecule has 0 radical (unpaired) electrons. The van der Waals surface area contributed by atoms with Crippen molar-refractivity contribution in [1.29, 1.82) is 0 Å². The minimum absolute atomic E-state index is 0.00419. The molecule has 0 aromatic heterocycles. The summed E-state index contributed by atoms with van der Waals surface area (Å²) in [6.45, 7) is 4.48. The van der Waals surface area contributed by atoms with Crippen molar-refractivity contribution >= 4 is 22.0 Å². The van der Waals surface area contributed by atoms with E-state index in [2.05, 4.69) is 36.0 Å². The molecular formula is C22H26N2O3S. The Balaban J connectivity index is 1.69. The molecule has 0 saturated heterocycles. The fraction of sp³-hybridized carbons (Fsp3) is 0.318. The molecular weight excluding hydrogens is 372 g/mol. The minimum atomic E-state index is -3.46. The van der Waals surface area contributed by atoms with Gasteiger partial charge < -0.3 is 5.32 Å². The van der Waals surface area contributed by atoms with E-state index in [1.807, 2.05) is 12.1 Å². The van der Waals surface area contributed by atoms with Gasteiger partial charge in [-0.15, -0.1) is 0 Å². The van der Waals surface area contributed by atoms with E-state index in [4.69, 9.17) is 0 Å². The van der Waals surface area contributed by atoms with Crippen LogP contribution in [0, 0.1) is 0 Å². The van der Waals surface area contributed by atoms with Crippen LogP contribution in [-0.4, -0.2) is 21.4 Å². The lowest BCUT2D eigenvalue weighted by Gasteiger charge is -2.37. The Hall–Kier alpha value is -2.44. The number of carbonyl (C=O) groups excluding carboxylic acids is 1. The summed E-state index contributed by atoms with van der Waals surface area (Å²) in [6.07, 6.45) is 5.09. The van der Waals surface area contributed by atoms with Crippen LogP contribution in [0.2, 0.25) is 0 Å². The highest BCUT2D eigenvalue weighted by atomic mass is 32.2. The molecule has 2 aromatic rings. The van der Waals surface area contributed by atoms with E-state index in [9.17, 15) is 13.2 Å². The number of rotatable bonds is 5. The van der Waals surface area contributed by atoms with Crippen molar-refractivity contribution in [3.05, 3.63) is 71.3 Å². The molecule has 1 aliphatic rings. The lowest BCUT2D eigenvalue weighted by atomic mass is 9.71. The highest BCUT2D eigenvalue weighted by Gasteiger charge is 2.32. The van der Waals surface area contributed by atoms with E-state index in [0.717, 1.165) is 18.4 Å². The van der Waals surface area contributed by atoms with Gasteiger partial charge in [-0.25, -0.2) is 13.1 Å². The fourth-order valence-electron chi connectivity index (χ4n) is 3.63. The van der Waals surface area contributed by atoms with E-state index >= 15 is 0 Å². The average molecular weight is 399 g/mol. The van der Waals surface area contributed by atoms with Gasteiger partial charge in [0.25, 0.3) is 0 Å². The molecule has 6 heteroatoms. The molecule has 0 spiro atoms. The fourth-order valence-corrected chi connectivity index (χ4v) is 4.36. The summed E-state index contributed by atoms with van der Waals surface area (Å²) in [5.41, 5.74) is 3.35. The molecule has 3 rings (SSSR count). The maximum atomic E-state index is 12.4. The van der Waals surface area contributed by atoms with Crippen LogP contribution in [-0.2, 0) is 20.2 Å². The summed E-state index contributed by atoms with van der Waals surface area (Å²) in [4.78, 5) is 12.6. The second-order valence-corrected chi connectivity index (χ2v) is 9.57. The summed E-state index contributed by atoms with van der Waals surface area (Å²) in [5, 5.41) is 3.10. The van der Waals surface area contributed by atoms with Crippen molar-refractivity contribution in [2.24, 2.45) is 0 Å². The summed E-state index contributed by atoms with van der Waals surface area (Å²) < 4.78 is 25.8. The molecule has 5 nitrogen and oxygen atoms in total. The number of sulfonamides is 1. The number of hydrogen-bond donors (Lipinski definition) is 2. The first-order valence-electron chi connectivity index (χ1n) is 9.34. The monoisotopic (exact) mass is 398 g/mol. The number of carbonyl (C=O) groups is 1. The van der Waals surface area contributed by atoms with E-state index < -0.39 is 10.0 Å². The van der Waals surface area contributed by atoms with Crippen LogP contribution in [0.25, 0.3) is 6.08 Å². The zero-order chi connectivity index (χ0) is 20.4. The van der Waals surface area contributed by atoms with Gasteiger partial charge in [-0.1, -0.05) is 50.2 Å². The van der Waals surface area contributed by atoms with Gasteiger partial charge in [-0.05, 0) is 60.2 Å². The van der Waals surface area contributed by atoms with E-state index in [0.29, 0.717) is 0 Å². The molecule has 2 aromatic carbocycles. The summed E-state index contributed by atoms with van der Waals surface area (Å²) in [6, 6.07) is 14.7. The first-order chi connectivity index (χ1) is 13.2. The van der Waals surface area contributed by atoms with E-state index in [1.165, 1.54) is 36.4 Å². The quantitative estimate of drug-likeness (QED) is 0.757. The van der Waals surface area contributed by atoms with Crippen LogP contribution < -0.4 is 10.0 Å². The lowest BCUT2D eigenvalue weighted by molar-refractivity contribution is -0.117. The lowest BCUT2D eigenvalue weighted by Crippen LogP contribution is -2.34. The van der Waals surface area contributed by atoms with E-state index in [-0.39, 0.29) is 22.3 Å². The Morgan fingerprint density at radius 2 is 1.79 bits per heavy atom. The van der Waals surface area contributed by atoms with Gasteiger partial charge in [0.15, 0.2) is 0 Å². The smallest absolute Gasteiger partial charge is 0.244 e. The molecule has 0 bridgehead atoms.